The third-order valence-electron chi connectivity index (χ3n) is 8.05. The second kappa shape index (κ2) is 8.47. The van der Waals surface area contributed by atoms with Crippen molar-refractivity contribution in [3.05, 3.63) is 71.7 Å². The number of allylic oxidation sites excluding steroid dienone is 1. The lowest BCUT2D eigenvalue weighted by Crippen LogP contribution is -2.59. The number of aliphatic imine (C=N–C) groups is 1. The molecule has 2 saturated heterocycles. The van der Waals surface area contributed by atoms with Crippen LogP contribution in [-0.2, 0) is 18.0 Å². The van der Waals surface area contributed by atoms with Gasteiger partial charge in [0.25, 0.3) is 0 Å². The van der Waals surface area contributed by atoms with Crippen molar-refractivity contribution in [2.45, 2.75) is 32.5 Å². The van der Waals surface area contributed by atoms with E-state index in [-0.39, 0.29) is 0 Å². The van der Waals surface area contributed by atoms with E-state index in [9.17, 15) is 0 Å². The molecule has 1 spiro atoms. The lowest BCUT2D eigenvalue weighted by Gasteiger charge is -2.52. The van der Waals surface area contributed by atoms with Crippen LogP contribution >= 0.6 is 0 Å². The minimum absolute atomic E-state index is 0.460. The zero-order valence-electron chi connectivity index (χ0n) is 20.0. The molecular formula is C29H31N5O. The predicted molar refractivity (Wildman–Crippen MR) is 139 cm³/mol. The number of ether oxygens (including phenoxy) is 1. The molecule has 4 aliphatic heterocycles. The largest absolute Gasteiger partial charge is 0.471 e. The average Bonchev–Trinajstić information content (AvgIpc) is 3.29. The van der Waals surface area contributed by atoms with Crippen LogP contribution < -0.4 is 5.32 Å². The van der Waals surface area contributed by atoms with Gasteiger partial charge in [-0.3, -0.25) is 14.5 Å². The van der Waals surface area contributed by atoms with Crippen LogP contribution in [0.2, 0.25) is 0 Å². The molecule has 0 atom stereocenters. The Kier molecular flexibility index (Phi) is 5.10. The maximum Gasteiger partial charge on any atom is 0.167 e. The van der Waals surface area contributed by atoms with Crippen LogP contribution in [0, 0.1) is 5.41 Å². The summed E-state index contributed by atoms with van der Waals surface area (Å²) in [6, 6.07) is 19.6. The van der Waals surface area contributed by atoms with E-state index in [1.807, 2.05) is 6.21 Å². The molecule has 1 aromatic heterocycles. The molecule has 2 fully saturated rings. The van der Waals surface area contributed by atoms with Gasteiger partial charge in [-0.25, -0.2) is 4.98 Å². The Labute approximate surface area is 206 Å². The first-order chi connectivity index (χ1) is 17.3. The maximum absolute atomic E-state index is 6.09. The number of rotatable bonds is 4. The molecule has 0 saturated carbocycles. The van der Waals surface area contributed by atoms with E-state index in [2.05, 4.69) is 74.4 Å². The van der Waals surface area contributed by atoms with E-state index >= 15 is 0 Å². The number of fused-ring (bicyclic) bond motifs is 2. The summed E-state index contributed by atoms with van der Waals surface area (Å²) in [5.41, 5.74) is 7.57. The highest BCUT2D eigenvalue weighted by Crippen LogP contribution is 2.41. The van der Waals surface area contributed by atoms with Crippen molar-refractivity contribution in [2.24, 2.45) is 10.4 Å². The van der Waals surface area contributed by atoms with Gasteiger partial charge in [0.2, 0.25) is 0 Å². The van der Waals surface area contributed by atoms with E-state index in [0.29, 0.717) is 12.1 Å². The van der Waals surface area contributed by atoms with Gasteiger partial charge in [-0.1, -0.05) is 54.6 Å². The van der Waals surface area contributed by atoms with Crippen molar-refractivity contribution in [3.63, 3.8) is 0 Å². The Morgan fingerprint density at radius 3 is 2.54 bits per heavy atom. The molecule has 0 bridgehead atoms. The second-order valence-corrected chi connectivity index (χ2v) is 10.4. The molecule has 178 valence electrons. The summed E-state index contributed by atoms with van der Waals surface area (Å²) in [7, 11) is 0. The highest BCUT2D eigenvalue weighted by Gasteiger charge is 2.42. The minimum atomic E-state index is 0.460. The summed E-state index contributed by atoms with van der Waals surface area (Å²) in [6.07, 6.45) is 5.37. The Hall–Kier alpha value is -3.22. The average molecular weight is 466 g/mol. The van der Waals surface area contributed by atoms with E-state index in [1.165, 1.54) is 44.6 Å². The first kappa shape index (κ1) is 21.1. The molecule has 0 amide bonds. The van der Waals surface area contributed by atoms with E-state index < -0.39 is 0 Å². The lowest BCUT2D eigenvalue weighted by molar-refractivity contribution is -0.0282. The molecule has 2 aromatic carbocycles. The van der Waals surface area contributed by atoms with Crippen LogP contribution in [-0.4, -0.2) is 53.4 Å². The quantitative estimate of drug-likeness (QED) is 0.613. The van der Waals surface area contributed by atoms with Gasteiger partial charge in [0.15, 0.2) is 6.73 Å². The molecule has 7 rings (SSSR count). The molecule has 6 nitrogen and oxygen atoms in total. The molecule has 0 aliphatic carbocycles. The van der Waals surface area contributed by atoms with Crippen molar-refractivity contribution in [3.8, 4) is 22.5 Å². The van der Waals surface area contributed by atoms with Crippen molar-refractivity contribution in [1.29, 1.82) is 0 Å². The van der Waals surface area contributed by atoms with Gasteiger partial charge in [0, 0.05) is 42.9 Å². The number of hydrogen-bond acceptors (Lipinski definition) is 5. The molecule has 6 heteroatoms. The zero-order valence-corrected chi connectivity index (χ0v) is 20.0. The number of hydrogen-bond donors (Lipinski definition) is 1. The topological polar surface area (TPSA) is 54.7 Å². The predicted octanol–water partition coefficient (Wildman–Crippen LogP) is 4.58. The maximum atomic E-state index is 6.09. The third-order valence-corrected chi connectivity index (χ3v) is 8.05. The number of likely N-dealkylation sites (tertiary alicyclic amines) is 1. The SMILES string of the molecule is C1=NCCC2=C1OCn1c2nc(-c2ccc(CN3CC4(CCNCC4)C3)cc2)c1-c1ccccc1. The van der Waals surface area contributed by atoms with E-state index in [1.54, 1.807) is 0 Å². The monoisotopic (exact) mass is 465 g/mol. The van der Waals surface area contributed by atoms with Gasteiger partial charge in [-0.15, -0.1) is 0 Å². The Bertz CT molecular complexity index is 1290. The molecule has 1 N–H and O–H groups in total. The number of nitrogens with zero attached hydrogens (tertiary/aromatic N) is 4. The van der Waals surface area contributed by atoms with Crippen molar-refractivity contribution in [1.82, 2.24) is 19.8 Å². The molecular weight excluding hydrogens is 434 g/mol. The molecule has 0 unspecified atom stereocenters. The van der Waals surface area contributed by atoms with Gasteiger partial charge in [0.1, 0.15) is 11.6 Å². The molecule has 4 aliphatic rings. The Balaban J connectivity index is 1.19. The number of benzene rings is 2. The van der Waals surface area contributed by atoms with Gasteiger partial charge < -0.3 is 10.1 Å². The number of piperidine rings is 1. The standard InChI is InChI=1S/C29H31N5O/c1-2-4-23(5-3-1)27-26(32-28-24-10-13-31-16-25(24)35-20-34(27)28)22-8-6-21(7-9-22)17-33-18-29(19-33)11-14-30-15-12-29/h1-9,16,30H,10-15,17-20H2. The highest BCUT2D eigenvalue weighted by molar-refractivity contribution is 5.91. The van der Waals surface area contributed by atoms with Crippen molar-refractivity contribution in [2.75, 3.05) is 32.7 Å². The van der Waals surface area contributed by atoms with Gasteiger partial charge in [0.05, 0.1) is 17.6 Å². The van der Waals surface area contributed by atoms with Gasteiger partial charge in [-0.2, -0.15) is 0 Å². The Morgan fingerprint density at radius 1 is 0.943 bits per heavy atom. The van der Waals surface area contributed by atoms with Crippen LogP contribution in [0.5, 0.6) is 0 Å². The smallest absolute Gasteiger partial charge is 0.167 e. The van der Waals surface area contributed by atoms with Crippen LogP contribution in [0.3, 0.4) is 0 Å². The lowest BCUT2D eigenvalue weighted by atomic mass is 9.72. The minimum Gasteiger partial charge on any atom is -0.471 e. The molecule has 35 heavy (non-hydrogen) atoms. The Morgan fingerprint density at radius 2 is 1.74 bits per heavy atom. The highest BCUT2D eigenvalue weighted by atomic mass is 16.5. The fraction of sp³-hybridized carbons (Fsp3) is 0.379. The fourth-order valence-electron chi connectivity index (χ4n) is 6.22. The van der Waals surface area contributed by atoms with Crippen LogP contribution in [0.4, 0.5) is 0 Å². The third kappa shape index (κ3) is 3.72. The number of dihydropyridines is 1. The van der Waals surface area contributed by atoms with Gasteiger partial charge >= 0.3 is 0 Å². The fourth-order valence-corrected chi connectivity index (χ4v) is 6.22. The number of nitrogens with one attached hydrogen (secondary N) is 1. The molecule has 0 radical (unpaired) electrons. The summed E-state index contributed by atoms with van der Waals surface area (Å²) in [4.78, 5) is 12.2. The van der Waals surface area contributed by atoms with Crippen LogP contribution in [0.1, 0.15) is 30.7 Å². The summed E-state index contributed by atoms with van der Waals surface area (Å²) >= 11 is 0. The van der Waals surface area contributed by atoms with Crippen molar-refractivity contribution >= 4 is 11.8 Å². The summed E-state index contributed by atoms with van der Waals surface area (Å²) in [5.74, 6) is 1.89. The summed E-state index contributed by atoms with van der Waals surface area (Å²) < 4.78 is 8.32. The van der Waals surface area contributed by atoms with Crippen LogP contribution in [0.25, 0.3) is 28.1 Å². The van der Waals surface area contributed by atoms with Gasteiger partial charge in [-0.05, 0) is 43.3 Å². The van der Waals surface area contributed by atoms with E-state index in [0.717, 1.165) is 59.2 Å². The number of aromatic nitrogens is 2. The normalized spacial score (nSPS) is 20.8. The first-order valence-electron chi connectivity index (χ1n) is 12.8. The van der Waals surface area contributed by atoms with Crippen molar-refractivity contribution < 1.29 is 4.74 Å². The number of imidazole rings is 1. The van der Waals surface area contributed by atoms with Crippen LogP contribution in [0.15, 0.2) is 65.3 Å². The molecule has 3 aromatic rings. The first-order valence-corrected chi connectivity index (χ1v) is 12.8. The summed E-state index contributed by atoms with van der Waals surface area (Å²) in [6.45, 7) is 7.11. The summed E-state index contributed by atoms with van der Waals surface area (Å²) in [5, 5.41) is 3.50. The zero-order chi connectivity index (χ0) is 23.2. The van der Waals surface area contributed by atoms with E-state index in [4.69, 9.17) is 9.72 Å². The molecule has 5 heterocycles. The second-order valence-electron chi connectivity index (χ2n) is 10.4.